The molecule has 106 valence electrons. The van der Waals surface area contributed by atoms with Crippen LogP contribution in [0.3, 0.4) is 0 Å². The van der Waals surface area contributed by atoms with E-state index in [-0.39, 0.29) is 17.5 Å². The maximum atomic E-state index is 5.36. The Kier molecular flexibility index (Phi) is 4.33. The number of nitrogens with two attached hydrogens (primary N) is 1. The molecule has 0 aromatic carbocycles. The van der Waals surface area contributed by atoms with Gasteiger partial charge in [-0.3, -0.25) is 5.43 Å². The Hall–Kier alpha value is -1.67. The highest BCUT2D eigenvalue weighted by molar-refractivity contribution is 5.37. The fourth-order valence-corrected chi connectivity index (χ4v) is 1.89. The predicted molar refractivity (Wildman–Crippen MR) is 70.9 cm³/mol. The van der Waals surface area contributed by atoms with Gasteiger partial charge in [0.2, 0.25) is 11.9 Å². The molecule has 2 heterocycles. The third kappa shape index (κ3) is 3.65. The van der Waals surface area contributed by atoms with Gasteiger partial charge in [-0.1, -0.05) is 0 Å². The summed E-state index contributed by atoms with van der Waals surface area (Å²) >= 11 is 0. The summed E-state index contributed by atoms with van der Waals surface area (Å²) in [5, 5.41) is 3.31. The van der Waals surface area contributed by atoms with Crippen molar-refractivity contribution >= 4 is 11.9 Å². The van der Waals surface area contributed by atoms with Crippen LogP contribution in [0.25, 0.3) is 0 Å². The second kappa shape index (κ2) is 5.98. The first-order chi connectivity index (χ1) is 9.15. The minimum absolute atomic E-state index is 0.0883. The van der Waals surface area contributed by atoms with Gasteiger partial charge >= 0.3 is 6.01 Å². The number of anilines is 2. The predicted octanol–water partition coefficient (Wildman–Crippen LogP) is 0.537. The number of nitrogens with zero attached hydrogens (tertiary/aromatic N) is 3. The lowest BCUT2D eigenvalue weighted by molar-refractivity contribution is 0.0655. The average molecular weight is 268 g/mol. The lowest BCUT2D eigenvalue weighted by Gasteiger charge is -2.34. The van der Waals surface area contributed by atoms with Crippen molar-refractivity contribution in [2.45, 2.75) is 32.2 Å². The number of nitrogen functional groups attached to an aromatic ring is 1. The molecule has 0 spiro atoms. The van der Waals surface area contributed by atoms with E-state index >= 15 is 0 Å². The Bertz CT molecular complexity index is 422. The van der Waals surface area contributed by atoms with Gasteiger partial charge in [0, 0.05) is 18.8 Å². The van der Waals surface area contributed by atoms with Gasteiger partial charge < -0.3 is 14.8 Å². The summed E-state index contributed by atoms with van der Waals surface area (Å²) < 4.78 is 10.6. The zero-order valence-corrected chi connectivity index (χ0v) is 11.3. The molecule has 0 bridgehead atoms. The minimum Gasteiger partial charge on any atom is -0.464 e. The van der Waals surface area contributed by atoms with Crippen molar-refractivity contribution in [1.82, 2.24) is 15.0 Å². The molecule has 1 fully saturated rings. The van der Waals surface area contributed by atoms with Crippen LogP contribution >= 0.6 is 0 Å². The third-order valence-electron chi connectivity index (χ3n) is 3.03. The number of nitrogens with one attached hydrogen (secondary N) is 2. The van der Waals surface area contributed by atoms with Gasteiger partial charge in [-0.05, 0) is 26.7 Å². The van der Waals surface area contributed by atoms with E-state index in [0.29, 0.717) is 12.6 Å². The van der Waals surface area contributed by atoms with Crippen LogP contribution in [0.1, 0.15) is 26.7 Å². The highest BCUT2D eigenvalue weighted by atomic mass is 16.5. The summed E-state index contributed by atoms with van der Waals surface area (Å²) in [6.07, 6.45) is 1.79. The smallest absolute Gasteiger partial charge is 0.323 e. The molecule has 0 radical (unpaired) electrons. The fourth-order valence-electron chi connectivity index (χ4n) is 1.89. The first kappa shape index (κ1) is 13.8. The number of hydrogen-bond donors (Lipinski definition) is 3. The second-order valence-electron chi connectivity index (χ2n) is 4.64. The molecule has 8 heteroatoms. The van der Waals surface area contributed by atoms with Gasteiger partial charge in [0.1, 0.15) is 0 Å². The second-order valence-corrected chi connectivity index (χ2v) is 4.64. The van der Waals surface area contributed by atoms with Gasteiger partial charge in [-0.2, -0.15) is 15.0 Å². The zero-order valence-electron chi connectivity index (χ0n) is 11.3. The van der Waals surface area contributed by atoms with Crippen molar-refractivity contribution < 1.29 is 9.47 Å². The molecular formula is C11H20N6O2. The van der Waals surface area contributed by atoms with E-state index in [2.05, 4.69) is 32.6 Å². The highest BCUT2D eigenvalue weighted by Crippen LogP contribution is 2.24. The van der Waals surface area contributed by atoms with E-state index in [1.54, 1.807) is 0 Å². The van der Waals surface area contributed by atoms with E-state index in [1.165, 1.54) is 0 Å². The van der Waals surface area contributed by atoms with Crippen LogP contribution in [0, 0.1) is 0 Å². The zero-order chi connectivity index (χ0) is 13.7. The first-order valence-electron chi connectivity index (χ1n) is 6.36. The number of hydrazine groups is 1. The third-order valence-corrected chi connectivity index (χ3v) is 3.03. The lowest BCUT2D eigenvalue weighted by Crippen LogP contribution is -2.41. The summed E-state index contributed by atoms with van der Waals surface area (Å²) in [4.78, 5) is 12.4. The van der Waals surface area contributed by atoms with E-state index in [1.807, 2.05) is 6.92 Å². The van der Waals surface area contributed by atoms with Crippen LogP contribution < -0.4 is 21.3 Å². The molecule has 8 nitrogen and oxygen atoms in total. The summed E-state index contributed by atoms with van der Waals surface area (Å²) in [5.74, 6) is 6.07. The van der Waals surface area contributed by atoms with Crippen LogP contribution in [0.2, 0.25) is 0 Å². The van der Waals surface area contributed by atoms with E-state index < -0.39 is 0 Å². The minimum atomic E-state index is -0.0883. The quantitative estimate of drug-likeness (QED) is 0.524. The van der Waals surface area contributed by atoms with Crippen molar-refractivity contribution in [3.8, 4) is 6.01 Å². The monoisotopic (exact) mass is 268 g/mol. The molecule has 0 amide bonds. The van der Waals surface area contributed by atoms with Crippen molar-refractivity contribution in [1.29, 1.82) is 0 Å². The summed E-state index contributed by atoms with van der Waals surface area (Å²) in [6.45, 7) is 5.93. The van der Waals surface area contributed by atoms with Crippen LogP contribution in [-0.4, -0.2) is 40.3 Å². The Morgan fingerprint density at radius 3 is 2.58 bits per heavy atom. The first-order valence-corrected chi connectivity index (χ1v) is 6.36. The van der Waals surface area contributed by atoms with E-state index in [4.69, 9.17) is 15.3 Å². The normalized spacial score (nSPS) is 17.8. The molecule has 1 aliphatic heterocycles. The Morgan fingerprint density at radius 1 is 1.26 bits per heavy atom. The molecule has 1 aromatic heterocycles. The largest absolute Gasteiger partial charge is 0.464 e. The lowest BCUT2D eigenvalue weighted by atomic mass is 9.93. The number of ether oxygens (including phenoxy) is 2. The molecule has 0 saturated carbocycles. The van der Waals surface area contributed by atoms with Crippen LogP contribution in [-0.2, 0) is 4.74 Å². The van der Waals surface area contributed by atoms with E-state index in [0.717, 1.165) is 26.1 Å². The topological polar surface area (TPSA) is 107 Å². The molecule has 0 unspecified atom stereocenters. The molecular weight excluding hydrogens is 248 g/mol. The Labute approximate surface area is 112 Å². The SMILES string of the molecule is CCOc1nc(NN)nc(NC2(C)CCOCC2)n1. The molecule has 1 aromatic rings. The van der Waals surface area contributed by atoms with Gasteiger partial charge in [0.15, 0.2) is 0 Å². The van der Waals surface area contributed by atoms with Crippen molar-refractivity contribution in [3.05, 3.63) is 0 Å². The summed E-state index contributed by atoms with van der Waals surface area (Å²) in [5.41, 5.74) is 2.32. The van der Waals surface area contributed by atoms with Crippen LogP contribution in [0.4, 0.5) is 11.9 Å². The van der Waals surface area contributed by atoms with Gasteiger partial charge in [-0.15, -0.1) is 0 Å². The Morgan fingerprint density at radius 2 is 1.95 bits per heavy atom. The van der Waals surface area contributed by atoms with Crippen molar-refractivity contribution in [2.75, 3.05) is 30.6 Å². The van der Waals surface area contributed by atoms with Crippen molar-refractivity contribution in [3.63, 3.8) is 0 Å². The van der Waals surface area contributed by atoms with Gasteiger partial charge in [0.25, 0.3) is 0 Å². The molecule has 19 heavy (non-hydrogen) atoms. The average Bonchev–Trinajstić information content (AvgIpc) is 2.39. The number of hydrogen-bond acceptors (Lipinski definition) is 8. The van der Waals surface area contributed by atoms with Gasteiger partial charge in [0.05, 0.1) is 6.61 Å². The van der Waals surface area contributed by atoms with Crippen molar-refractivity contribution in [2.24, 2.45) is 5.84 Å². The molecule has 0 atom stereocenters. The number of rotatable bonds is 5. The fraction of sp³-hybridized carbons (Fsp3) is 0.727. The van der Waals surface area contributed by atoms with Gasteiger partial charge in [-0.25, -0.2) is 5.84 Å². The molecule has 1 saturated heterocycles. The Balaban J connectivity index is 2.16. The molecule has 1 aliphatic rings. The van der Waals surface area contributed by atoms with E-state index in [9.17, 15) is 0 Å². The molecule has 0 aliphatic carbocycles. The molecule has 4 N–H and O–H groups in total. The molecule has 2 rings (SSSR count). The standard InChI is InChI=1S/C11H20N6O2/c1-3-19-10-14-8(13-9(15-10)17-12)16-11(2)4-6-18-7-5-11/h3-7,12H2,1-2H3,(H2,13,14,15,16,17). The number of aromatic nitrogens is 3. The van der Waals surface area contributed by atoms with Crippen LogP contribution in [0.15, 0.2) is 0 Å². The van der Waals surface area contributed by atoms with Crippen LogP contribution in [0.5, 0.6) is 6.01 Å². The maximum absolute atomic E-state index is 5.36. The summed E-state index contributed by atoms with van der Waals surface area (Å²) in [7, 11) is 0. The highest BCUT2D eigenvalue weighted by Gasteiger charge is 2.28. The maximum Gasteiger partial charge on any atom is 0.323 e. The summed E-state index contributed by atoms with van der Waals surface area (Å²) in [6, 6.07) is 0.253.